The van der Waals surface area contributed by atoms with Crippen LogP contribution >= 0.6 is 0 Å². The van der Waals surface area contributed by atoms with Gasteiger partial charge in [0.15, 0.2) is 18.1 Å². The number of nitrogens with zero attached hydrogens (tertiary/aromatic N) is 1. The second kappa shape index (κ2) is 10.6. The van der Waals surface area contributed by atoms with Gasteiger partial charge in [-0.1, -0.05) is 46.6 Å². The summed E-state index contributed by atoms with van der Waals surface area (Å²) in [5.74, 6) is -3.85. The molecule has 0 aromatic carbocycles. The number of ether oxygens (including phenoxy) is 3. The third-order valence-corrected chi connectivity index (χ3v) is 10.6. The van der Waals surface area contributed by atoms with Crippen LogP contribution in [0.2, 0.25) is 0 Å². The SMILES string of the molecule is CCC(CC)COC(=O)O[C@]1(C(=O)OCC#N)[C@H](C)C[C@H]2[C@@H]3C[C@H](F)C4=CC(=O)C=C[C@]4(C)[C@@]3(F)[C@@H](O)C[C@@]21C. The number of hydrogen-bond acceptors (Lipinski definition) is 8. The molecular weight excluding hydrogens is 524 g/mol. The number of hydrogen-bond donors (Lipinski definition) is 1. The molecule has 0 spiro atoms. The number of halogens is 2. The summed E-state index contributed by atoms with van der Waals surface area (Å²) in [5.41, 5.74) is -7.34. The van der Waals surface area contributed by atoms with Gasteiger partial charge in [0, 0.05) is 22.7 Å². The summed E-state index contributed by atoms with van der Waals surface area (Å²) in [6.07, 6.45) is 0.285. The van der Waals surface area contributed by atoms with E-state index in [0.717, 1.165) is 18.9 Å². The second-order valence-electron chi connectivity index (χ2n) is 12.3. The van der Waals surface area contributed by atoms with Gasteiger partial charge in [0.2, 0.25) is 5.60 Å². The van der Waals surface area contributed by atoms with E-state index in [4.69, 9.17) is 19.5 Å². The maximum atomic E-state index is 17.5. The molecule has 0 aromatic rings. The van der Waals surface area contributed by atoms with E-state index < -0.39 is 76.6 Å². The molecule has 0 aliphatic heterocycles. The number of carbonyl (C=O) groups is 3. The largest absolute Gasteiger partial charge is 0.509 e. The van der Waals surface area contributed by atoms with Crippen LogP contribution in [0.1, 0.15) is 66.7 Å². The van der Waals surface area contributed by atoms with Crippen molar-refractivity contribution < 1.29 is 42.5 Å². The number of nitriles is 1. The Morgan fingerprint density at radius 1 is 1.20 bits per heavy atom. The molecule has 0 amide bonds. The molecule has 8 nitrogen and oxygen atoms in total. The van der Waals surface area contributed by atoms with Gasteiger partial charge in [-0.3, -0.25) is 4.79 Å². The van der Waals surface area contributed by atoms with Gasteiger partial charge in [-0.05, 0) is 55.7 Å². The smallest absolute Gasteiger partial charge is 0.447 e. The number of ketones is 1. The molecule has 4 aliphatic rings. The Morgan fingerprint density at radius 3 is 2.50 bits per heavy atom. The molecular formula is C30H39F2NO7. The van der Waals surface area contributed by atoms with Crippen molar-refractivity contribution in [3.05, 3.63) is 23.8 Å². The summed E-state index contributed by atoms with van der Waals surface area (Å²) in [6.45, 7) is 8.18. The number of rotatable bonds is 7. The molecule has 1 N–H and O–H groups in total. The fourth-order valence-electron chi connectivity index (χ4n) is 8.29. The molecule has 40 heavy (non-hydrogen) atoms. The van der Waals surface area contributed by atoms with Crippen molar-refractivity contribution in [1.29, 1.82) is 5.26 Å². The van der Waals surface area contributed by atoms with Crippen LogP contribution in [0.15, 0.2) is 23.8 Å². The predicted molar refractivity (Wildman–Crippen MR) is 139 cm³/mol. The molecule has 220 valence electrons. The Kier molecular flexibility index (Phi) is 7.96. The minimum atomic E-state index is -2.36. The molecule has 4 aliphatic carbocycles. The highest BCUT2D eigenvalue weighted by Crippen LogP contribution is 2.71. The third kappa shape index (κ3) is 4.10. The summed E-state index contributed by atoms with van der Waals surface area (Å²) in [5, 5.41) is 20.6. The number of esters is 1. The lowest BCUT2D eigenvalue weighted by Gasteiger charge is -2.62. The summed E-state index contributed by atoms with van der Waals surface area (Å²) in [7, 11) is 0. The monoisotopic (exact) mass is 563 g/mol. The molecule has 3 fully saturated rings. The molecule has 0 bridgehead atoms. The molecule has 0 unspecified atom stereocenters. The van der Waals surface area contributed by atoms with Gasteiger partial charge in [0.25, 0.3) is 0 Å². The molecule has 0 heterocycles. The van der Waals surface area contributed by atoms with Crippen LogP contribution in [0.5, 0.6) is 0 Å². The summed E-state index contributed by atoms with van der Waals surface area (Å²) < 4.78 is 49.7. The molecule has 4 rings (SSSR count). The van der Waals surface area contributed by atoms with Crippen molar-refractivity contribution in [1.82, 2.24) is 0 Å². The zero-order valence-corrected chi connectivity index (χ0v) is 23.7. The van der Waals surface area contributed by atoms with Crippen molar-refractivity contribution in [2.24, 2.45) is 34.5 Å². The highest BCUT2D eigenvalue weighted by atomic mass is 19.1. The standard InChI is InChI=1S/C30H39F2NO7/c1-6-18(7-2)16-39-26(37)40-30(25(36)38-11-10-33)17(3)12-20-21-14-23(31)22-13-19(34)8-9-27(22,4)29(21,32)24(35)15-28(20,30)5/h8-9,13,17-18,20-21,23-24,35H,6-7,11-12,14-16H2,1-5H3/t17-,20+,21+,23+,24+,27+,28+,29+,30+/m1/s1. The quantitative estimate of drug-likeness (QED) is 0.432. The number of fused-ring (bicyclic) bond motifs is 5. The average molecular weight is 564 g/mol. The van der Waals surface area contributed by atoms with Crippen molar-refractivity contribution in [2.75, 3.05) is 13.2 Å². The molecule has 10 heteroatoms. The Morgan fingerprint density at radius 2 is 1.88 bits per heavy atom. The van der Waals surface area contributed by atoms with E-state index in [1.165, 1.54) is 19.1 Å². The van der Waals surface area contributed by atoms with Crippen molar-refractivity contribution >= 4 is 17.9 Å². The van der Waals surface area contributed by atoms with Gasteiger partial charge >= 0.3 is 12.1 Å². The molecule has 0 radical (unpaired) electrons. The van der Waals surface area contributed by atoms with Crippen molar-refractivity contribution in [3.63, 3.8) is 0 Å². The first-order valence-electron chi connectivity index (χ1n) is 14.1. The minimum Gasteiger partial charge on any atom is -0.447 e. The molecule has 0 aromatic heterocycles. The highest BCUT2D eigenvalue weighted by molar-refractivity contribution is 6.01. The normalized spacial score (nSPS) is 41.8. The van der Waals surface area contributed by atoms with Gasteiger partial charge in [-0.2, -0.15) is 5.26 Å². The Labute approximate surface area is 233 Å². The first kappa shape index (κ1) is 30.2. The van der Waals surface area contributed by atoms with E-state index in [9.17, 15) is 19.5 Å². The topological polar surface area (TPSA) is 123 Å². The van der Waals surface area contributed by atoms with Crippen LogP contribution in [0.4, 0.5) is 13.6 Å². The summed E-state index contributed by atoms with van der Waals surface area (Å²) >= 11 is 0. The second-order valence-corrected chi connectivity index (χ2v) is 12.3. The lowest BCUT2D eigenvalue weighted by molar-refractivity contribution is -0.233. The Balaban J connectivity index is 1.78. The zero-order valence-electron chi connectivity index (χ0n) is 23.7. The van der Waals surface area contributed by atoms with Crippen LogP contribution < -0.4 is 0 Å². The maximum absolute atomic E-state index is 17.5. The van der Waals surface area contributed by atoms with E-state index in [1.54, 1.807) is 19.9 Å². The van der Waals surface area contributed by atoms with Crippen LogP contribution in [0.25, 0.3) is 0 Å². The predicted octanol–water partition coefficient (Wildman–Crippen LogP) is 4.95. The third-order valence-electron chi connectivity index (χ3n) is 10.6. The van der Waals surface area contributed by atoms with E-state index >= 15 is 8.78 Å². The van der Waals surface area contributed by atoms with Gasteiger partial charge < -0.3 is 19.3 Å². The number of aliphatic hydroxyl groups excluding tert-OH is 1. The van der Waals surface area contributed by atoms with Gasteiger partial charge in [-0.25, -0.2) is 18.4 Å². The van der Waals surface area contributed by atoms with E-state index in [2.05, 4.69) is 0 Å². The number of allylic oxidation sites excluding steroid dienone is 4. The fourth-order valence-corrected chi connectivity index (χ4v) is 8.29. The molecule has 3 saturated carbocycles. The van der Waals surface area contributed by atoms with Gasteiger partial charge in [0.05, 0.1) is 12.7 Å². The Hall–Kier alpha value is -2.80. The van der Waals surface area contributed by atoms with E-state index in [1.807, 2.05) is 13.8 Å². The van der Waals surface area contributed by atoms with Crippen LogP contribution in [-0.4, -0.2) is 59.8 Å². The lowest BCUT2D eigenvalue weighted by atomic mass is 9.44. The number of aliphatic hydroxyl groups is 1. The van der Waals surface area contributed by atoms with Crippen LogP contribution in [0, 0.1) is 45.8 Å². The molecule has 0 saturated heterocycles. The Bertz CT molecular complexity index is 1160. The van der Waals surface area contributed by atoms with E-state index in [-0.39, 0.29) is 37.4 Å². The lowest BCUT2D eigenvalue weighted by Crippen LogP contribution is -2.71. The van der Waals surface area contributed by atoms with Crippen molar-refractivity contribution in [3.8, 4) is 6.07 Å². The fraction of sp³-hybridized carbons (Fsp3) is 0.733. The first-order chi connectivity index (χ1) is 18.8. The van der Waals surface area contributed by atoms with E-state index in [0.29, 0.717) is 0 Å². The minimum absolute atomic E-state index is 0.00614. The zero-order chi connectivity index (χ0) is 29.7. The highest BCUT2D eigenvalue weighted by Gasteiger charge is 2.79. The van der Waals surface area contributed by atoms with Gasteiger partial charge in [0.1, 0.15) is 12.2 Å². The molecule has 9 atom stereocenters. The first-order valence-corrected chi connectivity index (χ1v) is 14.1. The van der Waals surface area contributed by atoms with Crippen LogP contribution in [-0.2, 0) is 23.8 Å². The number of carbonyl (C=O) groups excluding carboxylic acids is 3. The number of alkyl halides is 2. The average Bonchev–Trinajstić information content (AvgIpc) is 3.12. The van der Waals surface area contributed by atoms with Crippen molar-refractivity contribution in [2.45, 2.75) is 90.3 Å². The van der Waals surface area contributed by atoms with Gasteiger partial charge in [-0.15, -0.1) is 0 Å². The summed E-state index contributed by atoms with van der Waals surface area (Å²) in [6, 6.07) is 1.74. The van der Waals surface area contributed by atoms with Crippen LogP contribution in [0.3, 0.4) is 0 Å². The summed E-state index contributed by atoms with van der Waals surface area (Å²) in [4.78, 5) is 38.8. The maximum Gasteiger partial charge on any atom is 0.509 e.